The van der Waals surface area contributed by atoms with Gasteiger partial charge in [0.1, 0.15) is 5.82 Å². The average molecular weight is 348 g/mol. The molecule has 1 unspecified atom stereocenters. The highest BCUT2D eigenvalue weighted by Crippen LogP contribution is 2.28. The molecule has 0 fully saturated rings. The Morgan fingerprint density at radius 1 is 1.46 bits per heavy atom. The number of aromatic nitrogens is 1. The molecule has 2 aromatic rings. The van der Waals surface area contributed by atoms with E-state index in [2.05, 4.69) is 20.9 Å². The normalized spacial score (nSPS) is 14.5. The van der Waals surface area contributed by atoms with Gasteiger partial charge >= 0.3 is 6.03 Å². The van der Waals surface area contributed by atoms with Crippen LogP contribution in [0.5, 0.6) is 0 Å². The van der Waals surface area contributed by atoms with Gasteiger partial charge in [0.05, 0.1) is 10.7 Å². The van der Waals surface area contributed by atoms with Crippen LogP contribution in [-0.4, -0.2) is 23.5 Å². The van der Waals surface area contributed by atoms with E-state index >= 15 is 0 Å². The smallest absolute Gasteiger partial charge is 0.319 e. The third kappa shape index (κ3) is 3.70. The lowest BCUT2D eigenvalue weighted by atomic mass is 10.0. The van der Waals surface area contributed by atoms with Crippen molar-refractivity contribution in [3.8, 4) is 0 Å². The fourth-order valence-corrected chi connectivity index (χ4v) is 3.17. The van der Waals surface area contributed by atoms with E-state index in [1.807, 2.05) is 12.3 Å². The molecule has 24 heavy (non-hydrogen) atoms. The maximum Gasteiger partial charge on any atom is 0.319 e. The van der Waals surface area contributed by atoms with Crippen LogP contribution in [0.3, 0.4) is 0 Å². The second kappa shape index (κ2) is 6.96. The molecule has 126 valence electrons. The number of halogens is 1. The molecular formula is C16H17FN4O2S. The number of fused-ring (bicyclic) bond motifs is 1. The number of benzene rings is 1. The molecule has 0 bridgehead atoms. The van der Waals surface area contributed by atoms with Gasteiger partial charge in [-0.1, -0.05) is 6.92 Å². The molecular weight excluding hydrogens is 331 g/mol. The first-order valence-electron chi connectivity index (χ1n) is 7.59. The van der Waals surface area contributed by atoms with E-state index in [9.17, 15) is 14.0 Å². The molecule has 0 saturated carbocycles. The van der Waals surface area contributed by atoms with Gasteiger partial charge < -0.3 is 16.0 Å². The molecule has 8 heteroatoms. The van der Waals surface area contributed by atoms with Crippen LogP contribution in [0.4, 0.5) is 20.6 Å². The molecule has 3 amide bonds. The maximum absolute atomic E-state index is 14.1. The first-order chi connectivity index (χ1) is 11.5. The summed E-state index contributed by atoms with van der Waals surface area (Å²) in [6, 6.07) is 2.32. The standard InChI is InChI=1S/C16H17FN4O2S/c1-9(15-18-4-5-24-15)8-19-16(23)21-13-6-10-2-3-14(22)20-12(10)7-11(13)17/h4-7,9H,2-3,8H2,1H3,(H,20,22)(H2,19,21,23). The van der Waals surface area contributed by atoms with Crippen molar-refractivity contribution < 1.29 is 14.0 Å². The fraction of sp³-hybridized carbons (Fsp3) is 0.312. The van der Waals surface area contributed by atoms with Crippen LogP contribution < -0.4 is 16.0 Å². The van der Waals surface area contributed by atoms with Crippen molar-refractivity contribution in [1.29, 1.82) is 0 Å². The third-order valence-electron chi connectivity index (χ3n) is 3.78. The summed E-state index contributed by atoms with van der Waals surface area (Å²) in [6.07, 6.45) is 2.60. The highest BCUT2D eigenvalue weighted by Gasteiger charge is 2.18. The lowest BCUT2D eigenvalue weighted by Crippen LogP contribution is -2.32. The van der Waals surface area contributed by atoms with Crippen molar-refractivity contribution in [2.45, 2.75) is 25.7 Å². The summed E-state index contributed by atoms with van der Waals surface area (Å²) in [6.45, 7) is 2.36. The number of hydrogen-bond donors (Lipinski definition) is 3. The molecule has 1 aliphatic heterocycles. The number of thiazole rings is 1. The minimum atomic E-state index is -0.584. The summed E-state index contributed by atoms with van der Waals surface area (Å²) in [7, 11) is 0. The van der Waals surface area contributed by atoms with Crippen molar-refractivity contribution in [2.75, 3.05) is 17.2 Å². The Hall–Kier alpha value is -2.48. The van der Waals surface area contributed by atoms with Crippen LogP contribution >= 0.6 is 11.3 Å². The topological polar surface area (TPSA) is 83.1 Å². The average Bonchev–Trinajstić information content (AvgIpc) is 3.08. The molecule has 1 aliphatic rings. The van der Waals surface area contributed by atoms with E-state index in [0.717, 1.165) is 10.6 Å². The Morgan fingerprint density at radius 3 is 3.04 bits per heavy atom. The number of carbonyl (C=O) groups is 2. The number of rotatable bonds is 4. The van der Waals surface area contributed by atoms with Crippen LogP contribution in [0.2, 0.25) is 0 Å². The Labute approximate surface area is 142 Å². The van der Waals surface area contributed by atoms with Gasteiger partial charge in [0.15, 0.2) is 0 Å². The van der Waals surface area contributed by atoms with E-state index < -0.39 is 11.8 Å². The first kappa shape index (κ1) is 16.4. The number of amides is 3. The van der Waals surface area contributed by atoms with Crippen LogP contribution in [0.15, 0.2) is 23.7 Å². The monoisotopic (exact) mass is 348 g/mol. The minimum Gasteiger partial charge on any atom is -0.337 e. The minimum absolute atomic E-state index is 0.0827. The van der Waals surface area contributed by atoms with Crippen LogP contribution in [0.1, 0.15) is 29.8 Å². The summed E-state index contributed by atoms with van der Waals surface area (Å²) >= 11 is 1.53. The van der Waals surface area contributed by atoms with Crippen molar-refractivity contribution in [1.82, 2.24) is 10.3 Å². The molecule has 0 radical (unpaired) electrons. The predicted molar refractivity (Wildman–Crippen MR) is 90.9 cm³/mol. The number of anilines is 2. The summed E-state index contributed by atoms with van der Waals surface area (Å²) in [5.41, 5.74) is 1.37. The molecule has 0 aliphatic carbocycles. The fourth-order valence-electron chi connectivity index (χ4n) is 2.48. The van der Waals surface area contributed by atoms with Crippen molar-refractivity contribution >= 4 is 34.6 Å². The van der Waals surface area contributed by atoms with Gasteiger partial charge in [-0.2, -0.15) is 0 Å². The summed E-state index contributed by atoms with van der Waals surface area (Å²) in [4.78, 5) is 27.5. The van der Waals surface area contributed by atoms with Gasteiger partial charge in [-0.25, -0.2) is 14.2 Å². The van der Waals surface area contributed by atoms with E-state index in [1.54, 1.807) is 12.3 Å². The van der Waals surface area contributed by atoms with E-state index in [0.29, 0.717) is 25.1 Å². The summed E-state index contributed by atoms with van der Waals surface area (Å²) in [5, 5.41) is 10.7. The van der Waals surface area contributed by atoms with Gasteiger partial charge in [0, 0.05) is 36.1 Å². The van der Waals surface area contributed by atoms with Gasteiger partial charge in [0.25, 0.3) is 0 Å². The number of carbonyl (C=O) groups excluding carboxylic acids is 2. The Bertz CT molecular complexity index is 764. The number of nitrogens with one attached hydrogen (secondary N) is 3. The maximum atomic E-state index is 14.1. The van der Waals surface area contributed by atoms with Crippen LogP contribution in [-0.2, 0) is 11.2 Å². The lowest BCUT2D eigenvalue weighted by Gasteiger charge is -2.18. The van der Waals surface area contributed by atoms with Crippen molar-refractivity contribution in [3.63, 3.8) is 0 Å². The lowest BCUT2D eigenvalue weighted by molar-refractivity contribution is -0.116. The SMILES string of the molecule is CC(CNC(=O)Nc1cc2c(cc1F)NC(=O)CC2)c1nccs1. The van der Waals surface area contributed by atoms with E-state index in [-0.39, 0.29) is 17.5 Å². The van der Waals surface area contributed by atoms with Gasteiger partial charge in [0.2, 0.25) is 5.91 Å². The Kier molecular flexibility index (Phi) is 4.75. The Morgan fingerprint density at radius 2 is 2.29 bits per heavy atom. The largest absolute Gasteiger partial charge is 0.337 e. The zero-order valence-electron chi connectivity index (χ0n) is 13.1. The Balaban J connectivity index is 1.61. The number of hydrogen-bond acceptors (Lipinski definition) is 4. The van der Waals surface area contributed by atoms with E-state index in [1.165, 1.54) is 17.4 Å². The molecule has 0 spiro atoms. The van der Waals surface area contributed by atoms with Crippen LogP contribution in [0, 0.1) is 5.82 Å². The number of aryl methyl sites for hydroxylation is 1. The molecule has 3 rings (SSSR count). The van der Waals surface area contributed by atoms with Gasteiger partial charge in [-0.3, -0.25) is 4.79 Å². The van der Waals surface area contributed by atoms with Gasteiger partial charge in [-0.05, 0) is 24.1 Å². The highest BCUT2D eigenvalue weighted by molar-refractivity contribution is 7.09. The molecule has 3 N–H and O–H groups in total. The quantitative estimate of drug-likeness (QED) is 0.794. The van der Waals surface area contributed by atoms with Crippen molar-refractivity contribution in [3.05, 3.63) is 40.1 Å². The summed E-state index contributed by atoms with van der Waals surface area (Å²) in [5.74, 6) is -0.630. The third-order valence-corrected chi connectivity index (χ3v) is 4.79. The number of urea groups is 1. The molecule has 0 saturated heterocycles. The van der Waals surface area contributed by atoms with E-state index in [4.69, 9.17) is 0 Å². The van der Waals surface area contributed by atoms with Gasteiger partial charge in [-0.15, -0.1) is 11.3 Å². The number of nitrogens with zero attached hydrogens (tertiary/aromatic N) is 1. The zero-order valence-corrected chi connectivity index (χ0v) is 13.9. The first-order valence-corrected chi connectivity index (χ1v) is 8.47. The molecule has 1 aromatic heterocycles. The second-order valence-electron chi connectivity index (χ2n) is 5.64. The molecule has 2 heterocycles. The van der Waals surface area contributed by atoms with Crippen LogP contribution in [0.25, 0.3) is 0 Å². The van der Waals surface area contributed by atoms with Crippen molar-refractivity contribution in [2.24, 2.45) is 0 Å². The molecule has 1 atom stereocenters. The predicted octanol–water partition coefficient (Wildman–Crippen LogP) is 3.09. The summed E-state index contributed by atoms with van der Waals surface area (Å²) < 4.78 is 14.1. The zero-order chi connectivity index (χ0) is 17.1. The highest BCUT2D eigenvalue weighted by atomic mass is 32.1. The molecule has 6 nitrogen and oxygen atoms in total. The second-order valence-corrected chi connectivity index (χ2v) is 6.57. The molecule has 1 aromatic carbocycles.